The summed E-state index contributed by atoms with van der Waals surface area (Å²) in [6.07, 6.45) is 6.01. The predicted octanol–water partition coefficient (Wildman–Crippen LogP) is 2.69. The highest BCUT2D eigenvalue weighted by Gasteiger charge is 2.67. The Morgan fingerprint density at radius 2 is 2.07 bits per heavy atom. The third-order valence-corrected chi connectivity index (χ3v) is 8.40. The number of aryl methyl sites for hydroxylation is 1. The standard InChI is InChI=1S/C20H20N6O2S/c1-13-3-4-14(29(27,28)11-19-5-6-20(9-19,10-19)22-2)7-15(13)16-8-23-18-17(21)24-12-25-26(16)18/h3-4,7-8,12H,5-6,9-11H2,1H3,(H2,21,24,25). The van der Waals surface area contributed by atoms with Crippen molar-refractivity contribution in [2.75, 3.05) is 11.5 Å². The number of rotatable bonds is 4. The van der Waals surface area contributed by atoms with Crippen molar-refractivity contribution in [3.05, 3.63) is 47.7 Å². The number of hydrogen-bond donors (Lipinski definition) is 1. The molecule has 0 spiro atoms. The van der Waals surface area contributed by atoms with E-state index in [9.17, 15) is 8.42 Å². The normalized spacial score (nSPS) is 25.7. The second-order valence-corrected chi connectivity index (χ2v) is 10.4. The van der Waals surface area contributed by atoms with Gasteiger partial charge in [-0.1, -0.05) is 6.07 Å². The fraction of sp³-hybridized carbons (Fsp3) is 0.400. The summed E-state index contributed by atoms with van der Waals surface area (Å²) in [5.41, 5.74) is 8.08. The Morgan fingerprint density at radius 1 is 1.28 bits per heavy atom. The molecule has 2 bridgehead atoms. The van der Waals surface area contributed by atoms with Crippen LogP contribution in [0.4, 0.5) is 5.82 Å². The van der Waals surface area contributed by atoms with Crippen molar-refractivity contribution in [2.24, 2.45) is 5.41 Å². The lowest BCUT2D eigenvalue weighted by Gasteiger charge is -2.39. The zero-order valence-electron chi connectivity index (χ0n) is 16.0. The lowest BCUT2D eigenvalue weighted by Crippen LogP contribution is -2.44. The summed E-state index contributed by atoms with van der Waals surface area (Å²) in [5, 5.41) is 4.21. The third kappa shape index (κ3) is 2.63. The molecule has 3 aliphatic carbocycles. The molecule has 3 aliphatic rings. The van der Waals surface area contributed by atoms with E-state index in [4.69, 9.17) is 12.3 Å². The minimum atomic E-state index is -3.48. The Morgan fingerprint density at radius 3 is 2.79 bits per heavy atom. The van der Waals surface area contributed by atoms with Crippen molar-refractivity contribution >= 4 is 21.3 Å². The van der Waals surface area contributed by atoms with Crippen LogP contribution < -0.4 is 5.73 Å². The molecule has 9 heteroatoms. The molecule has 1 aromatic carbocycles. The molecular formula is C20H20N6O2S. The molecule has 0 atom stereocenters. The van der Waals surface area contributed by atoms with Crippen LogP contribution in [0.3, 0.4) is 0 Å². The van der Waals surface area contributed by atoms with Crippen molar-refractivity contribution < 1.29 is 8.42 Å². The number of anilines is 1. The van der Waals surface area contributed by atoms with E-state index < -0.39 is 9.84 Å². The quantitative estimate of drug-likeness (QED) is 0.665. The monoisotopic (exact) mass is 408 g/mol. The molecule has 6 rings (SSSR count). The van der Waals surface area contributed by atoms with Gasteiger partial charge in [-0.2, -0.15) is 5.10 Å². The number of fused-ring (bicyclic) bond motifs is 2. The lowest BCUT2D eigenvalue weighted by atomic mass is 9.67. The Labute approximate surface area is 168 Å². The third-order valence-electron chi connectivity index (χ3n) is 6.44. The molecule has 148 valence electrons. The van der Waals surface area contributed by atoms with Crippen molar-refractivity contribution in [1.82, 2.24) is 19.6 Å². The average molecular weight is 408 g/mol. The maximum atomic E-state index is 13.2. The fourth-order valence-electron chi connectivity index (χ4n) is 5.08. The molecule has 29 heavy (non-hydrogen) atoms. The smallest absolute Gasteiger partial charge is 0.233 e. The zero-order valence-corrected chi connectivity index (χ0v) is 16.8. The molecule has 3 saturated carbocycles. The summed E-state index contributed by atoms with van der Waals surface area (Å²) in [4.78, 5) is 12.3. The summed E-state index contributed by atoms with van der Waals surface area (Å²) in [7, 11) is -3.48. The van der Waals surface area contributed by atoms with Gasteiger partial charge in [0.25, 0.3) is 0 Å². The van der Waals surface area contributed by atoms with E-state index in [1.165, 1.54) is 6.33 Å². The van der Waals surface area contributed by atoms with Gasteiger partial charge in [0.05, 0.1) is 22.5 Å². The fourth-order valence-corrected chi connectivity index (χ4v) is 6.97. The van der Waals surface area contributed by atoms with Crippen LogP contribution in [-0.4, -0.2) is 39.3 Å². The van der Waals surface area contributed by atoms with Gasteiger partial charge in [-0.05, 0) is 31.0 Å². The lowest BCUT2D eigenvalue weighted by molar-refractivity contribution is 0.170. The van der Waals surface area contributed by atoms with Crippen molar-refractivity contribution in [2.45, 2.75) is 43.0 Å². The van der Waals surface area contributed by atoms with Gasteiger partial charge in [-0.25, -0.2) is 29.5 Å². The second-order valence-electron chi connectivity index (χ2n) is 8.45. The molecular weight excluding hydrogens is 388 g/mol. The van der Waals surface area contributed by atoms with Gasteiger partial charge < -0.3 is 10.6 Å². The van der Waals surface area contributed by atoms with E-state index in [1.54, 1.807) is 22.8 Å². The second kappa shape index (κ2) is 5.76. The van der Waals surface area contributed by atoms with E-state index in [0.717, 1.165) is 24.0 Å². The molecule has 0 amide bonds. The maximum absolute atomic E-state index is 13.2. The highest BCUT2D eigenvalue weighted by atomic mass is 32.2. The van der Waals surface area contributed by atoms with Gasteiger partial charge in [0.15, 0.2) is 21.3 Å². The van der Waals surface area contributed by atoms with E-state index in [1.807, 2.05) is 13.0 Å². The van der Waals surface area contributed by atoms with Gasteiger partial charge in [-0.15, -0.1) is 0 Å². The largest absolute Gasteiger partial charge is 0.381 e. The first kappa shape index (κ1) is 18.1. The van der Waals surface area contributed by atoms with Crippen molar-refractivity contribution in [3.63, 3.8) is 0 Å². The van der Waals surface area contributed by atoms with Gasteiger partial charge in [-0.3, -0.25) is 0 Å². The van der Waals surface area contributed by atoms with Crippen LogP contribution in [0, 0.1) is 18.9 Å². The molecule has 3 fully saturated rings. The number of nitrogen functional groups attached to an aromatic ring is 1. The highest BCUT2D eigenvalue weighted by molar-refractivity contribution is 7.91. The molecule has 0 aliphatic heterocycles. The minimum absolute atomic E-state index is 0.0992. The Balaban J connectivity index is 1.53. The SMILES string of the molecule is [C-]#[N+]C12CCC(CS(=O)(=O)c3ccc(C)c(-c4cnc5c(N)ncnn45)c3)(C1)C2. The van der Waals surface area contributed by atoms with Gasteiger partial charge in [0, 0.05) is 30.2 Å². The molecule has 8 nitrogen and oxygen atoms in total. The molecule has 3 aromatic rings. The van der Waals surface area contributed by atoms with Gasteiger partial charge in [0.1, 0.15) is 6.33 Å². The zero-order chi connectivity index (χ0) is 20.4. The summed E-state index contributed by atoms with van der Waals surface area (Å²) >= 11 is 0. The minimum Gasteiger partial charge on any atom is -0.381 e. The summed E-state index contributed by atoms with van der Waals surface area (Å²) in [5.74, 6) is 0.364. The number of nitrogens with zero attached hydrogens (tertiary/aromatic N) is 5. The number of benzene rings is 1. The first-order chi connectivity index (χ1) is 13.8. The van der Waals surface area contributed by atoms with Crippen molar-refractivity contribution in [3.8, 4) is 11.3 Å². The highest BCUT2D eigenvalue weighted by Crippen LogP contribution is 2.64. The molecule has 2 aromatic heterocycles. The first-order valence-corrected chi connectivity index (χ1v) is 11.1. The van der Waals surface area contributed by atoms with Crippen LogP contribution in [0.2, 0.25) is 0 Å². The van der Waals surface area contributed by atoms with Gasteiger partial charge >= 0.3 is 0 Å². The molecule has 2 heterocycles. The molecule has 0 unspecified atom stereocenters. The summed E-state index contributed by atoms with van der Waals surface area (Å²) in [6.45, 7) is 9.30. The summed E-state index contributed by atoms with van der Waals surface area (Å²) < 4.78 is 28.0. The topological polar surface area (TPSA) is 108 Å². The van der Waals surface area contributed by atoms with E-state index in [-0.39, 0.29) is 27.4 Å². The van der Waals surface area contributed by atoms with Crippen LogP contribution in [0.1, 0.15) is 31.2 Å². The van der Waals surface area contributed by atoms with Crippen LogP contribution >= 0.6 is 0 Å². The average Bonchev–Trinajstić information content (AvgIpc) is 3.33. The number of imidazole rings is 1. The van der Waals surface area contributed by atoms with Crippen LogP contribution in [0.5, 0.6) is 0 Å². The predicted molar refractivity (Wildman–Crippen MR) is 108 cm³/mol. The number of nitrogens with two attached hydrogens (primary N) is 1. The Kier molecular flexibility index (Phi) is 3.59. The van der Waals surface area contributed by atoms with E-state index >= 15 is 0 Å². The maximum Gasteiger partial charge on any atom is 0.233 e. The molecule has 0 radical (unpaired) electrons. The van der Waals surface area contributed by atoms with Crippen LogP contribution in [0.25, 0.3) is 21.7 Å². The van der Waals surface area contributed by atoms with Crippen LogP contribution in [-0.2, 0) is 9.84 Å². The van der Waals surface area contributed by atoms with Crippen LogP contribution in [0.15, 0.2) is 35.6 Å². The first-order valence-electron chi connectivity index (χ1n) is 9.43. The Hall–Kier alpha value is -2.99. The molecule has 0 saturated heterocycles. The molecule has 2 N–H and O–H groups in total. The number of aromatic nitrogens is 4. The van der Waals surface area contributed by atoms with E-state index in [2.05, 4.69) is 19.9 Å². The number of sulfone groups is 1. The summed E-state index contributed by atoms with van der Waals surface area (Å²) in [6, 6.07) is 5.16. The van der Waals surface area contributed by atoms with Gasteiger partial charge in [0.2, 0.25) is 5.54 Å². The number of hydrogen-bond acceptors (Lipinski definition) is 6. The van der Waals surface area contributed by atoms with Crippen molar-refractivity contribution in [1.29, 1.82) is 0 Å². The van der Waals surface area contributed by atoms with E-state index in [0.29, 0.717) is 24.2 Å². The Bertz CT molecular complexity index is 1300.